The van der Waals surface area contributed by atoms with E-state index in [1.54, 1.807) is 16.8 Å². The van der Waals surface area contributed by atoms with Gasteiger partial charge in [-0.2, -0.15) is 4.52 Å². The second-order valence-electron chi connectivity index (χ2n) is 1.92. The van der Waals surface area contributed by atoms with Crippen LogP contribution >= 0.6 is 0 Å². The van der Waals surface area contributed by atoms with Crippen molar-refractivity contribution < 1.29 is 4.52 Å². The van der Waals surface area contributed by atoms with Crippen molar-refractivity contribution in [1.82, 2.24) is 15.0 Å². The molecule has 10 heavy (non-hydrogen) atoms. The van der Waals surface area contributed by atoms with Gasteiger partial charge in [-0.3, -0.25) is 0 Å². The van der Waals surface area contributed by atoms with Crippen LogP contribution in [-0.2, 0) is 0 Å². The van der Waals surface area contributed by atoms with Crippen molar-refractivity contribution in [1.29, 1.82) is 0 Å². The van der Waals surface area contributed by atoms with Crippen LogP contribution in [0.3, 0.4) is 0 Å². The molecule has 0 radical (unpaired) electrons. The normalized spacial score (nSPS) is 10.4. The molecular weight excluding hydrogens is 130 g/mol. The molecule has 0 N–H and O–H groups in total. The molecule has 0 spiro atoms. The van der Waals surface area contributed by atoms with Crippen molar-refractivity contribution in [2.75, 3.05) is 0 Å². The maximum Gasteiger partial charge on any atom is 0.254 e. The van der Waals surface area contributed by atoms with Gasteiger partial charge in [-0.1, -0.05) is 12.7 Å². The summed E-state index contributed by atoms with van der Waals surface area (Å²) < 4.78 is 6.31. The number of hydrogen-bond acceptors (Lipinski definition) is 3. The van der Waals surface area contributed by atoms with Gasteiger partial charge in [0.2, 0.25) is 0 Å². The van der Waals surface area contributed by atoms with Crippen LogP contribution < -0.4 is 0 Å². The van der Waals surface area contributed by atoms with Gasteiger partial charge in [-0.25, -0.2) is 0 Å². The second kappa shape index (κ2) is 1.70. The van der Waals surface area contributed by atoms with E-state index in [4.69, 9.17) is 4.52 Å². The van der Waals surface area contributed by atoms with Crippen molar-refractivity contribution in [3.8, 4) is 0 Å². The van der Waals surface area contributed by atoms with Crippen LogP contribution in [0.4, 0.5) is 0 Å². The van der Waals surface area contributed by atoms with Gasteiger partial charge >= 0.3 is 0 Å². The monoisotopic (exact) mass is 135 g/mol. The molecule has 0 saturated carbocycles. The van der Waals surface area contributed by atoms with Gasteiger partial charge in [-0.15, -0.1) is 0 Å². The lowest BCUT2D eigenvalue weighted by molar-refractivity contribution is 0.423. The molecule has 2 rings (SSSR count). The van der Waals surface area contributed by atoms with Crippen LogP contribution in [0.1, 0.15) is 5.56 Å². The van der Waals surface area contributed by atoms with Gasteiger partial charge in [0.15, 0.2) is 0 Å². The number of nitrogens with zero attached hydrogens (tertiary/aromatic N) is 3. The summed E-state index contributed by atoms with van der Waals surface area (Å²) in [5.41, 5.74) is 1.61. The highest BCUT2D eigenvalue weighted by atomic mass is 16.5. The number of aromatic nitrogens is 3. The summed E-state index contributed by atoms with van der Waals surface area (Å²) in [5.74, 6) is 0. The van der Waals surface area contributed by atoms with E-state index < -0.39 is 0 Å². The zero-order valence-electron chi connectivity index (χ0n) is 5.19. The van der Waals surface area contributed by atoms with E-state index in [1.165, 1.54) is 0 Å². The molecule has 0 amide bonds. The Morgan fingerprint density at radius 1 is 1.70 bits per heavy atom. The summed E-state index contributed by atoms with van der Waals surface area (Å²) in [6.45, 7) is 3.60. The molecule has 0 aromatic carbocycles. The highest BCUT2D eigenvalue weighted by molar-refractivity contribution is 5.53. The topological polar surface area (TPSA) is 43.3 Å². The fraction of sp³-hybridized carbons (Fsp3) is 0. The number of hydrogen-bond donors (Lipinski definition) is 0. The van der Waals surface area contributed by atoms with Crippen LogP contribution in [0.5, 0.6) is 0 Å². The average molecular weight is 135 g/mol. The molecule has 0 unspecified atom stereocenters. The average Bonchev–Trinajstić information content (AvgIpc) is 2.42. The Hall–Kier alpha value is -1.58. The Bertz CT molecular complexity index is 331. The zero-order chi connectivity index (χ0) is 6.97. The Balaban J connectivity index is 2.78. The minimum Gasteiger partial charge on any atom is -0.317 e. The van der Waals surface area contributed by atoms with Crippen molar-refractivity contribution in [3.05, 3.63) is 24.4 Å². The minimum atomic E-state index is 0.634. The summed E-state index contributed by atoms with van der Waals surface area (Å²) in [4.78, 5) is 0. The smallest absolute Gasteiger partial charge is 0.254 e. The Morgan fingerprint density at radius 2 is 2.60 bits per heavy atom. The van der Waals surface area contributed by atoms with Crippen molar-refractivity contribution >= 4 is 11.8 Å². The molecule has 0 aliphatic carbocycles. The summed E-state index contributed by atoms with van der Waals surface area (Å²) in [6, 6.07) is 1.81. The van der Waals surface area contributed by atoms with Gasteiger partial charge in [-0.05, 0) is 10.8 Å². The first-order valence-corrected chi connectivity index (χ1v) is 2.83. The van der Waals surface area contributed by atoms with Crippen LogP contribution in [-0.4, -0.2) is 15.0 Å². The van der Waals surface area contributed by atoms with E-state index in [0.717, 1.165) is 5.56 Å². The molecule has 0 fully saturated rings. The Labute approximate surface area is 56.7 Å². The van der Waals surface area contributed by atoms with Gasteiger partial charge in [0.1, 0.15) is 0 Å². The lowest BCUT2D eigenvalue weighted by Crippen LogP contribution is -1.78. The first-order valence-electron chi connectivity index (χ1n) is 2.83. The third-order valence-electron chi connectivity index (χ3n) is 1.29. The number of fused-ring (bicyclic) bond motifs is 1. The van der Waals surface area contributed by atoms with E-state index in [1.807, 2.05) is 6.07 Å². The fourth-order valence-corrected chi connectivity index (χ4v) is 0.800. The molecule has 2 aromatic rings. The molecule has 0 atom stereocenters. The first-order chi connectivity index (χ1) is 4.90. The summed E-state index contributed by atoms with van der Waals surface area (Å²) in [5, 5.41) is 6.98. The van der Waals surface area contributed by atoms with Crippen LogP contribution in [0, 0.1) is 0 Å². The van der Waals surface area contributed by atoms with E-state index in [2.05, 4.69) is 17.1 Å². The van der Waals surface area contributed by atoms with Gasteiger partial charge in [0.25, 0.3) is 5.71 Å². The standard InChI is InChI=1S/C6H5N3O/c1-2-5-3-6-9(4-5)7-8-10-6/h2-4H,1H2. The SMILES string of the molecule is C=Cc1cc2onnn2c1. The molecule has 0 saturated heterocycles. The highest BCUT2D eigenvalue weighted by Crippen LogP contribution is 2.07. The minimum absolute atomic E-state index is 0.634. The maximum atomic E-state index is 4.75. The van der Waals surface area contributed by atoms with Crippen LogP contribution in [0.15, 0.2) is 23.4 Å². The predicted molar refractivity (Wildman–Crippen MR) is 35.3 cm³/mol. The Kier molecular flexibility index (Phi) is 0.887. The third kappa shape index (κ3) is 0.556. The summed E-state index contributed by atoms with van der Waals surface area (Å²) >= 11 is 0. The van der Waals surface area contributed by atoms with Crippen molar-refractivity contribution in [3.63, 3.8) is 0 Å². The van der Waals surface area contributed by atoms with Crippen molar-refractivity contribution in [2.24, 2.45) is 0 Å². The molecule has 50 valence electrons. The largest absolute Gasteiger partial charge is 0.317 e. The lowest BCUT2D eigenvalue weighted by atomic mass is 10.3. The zero-order valence-corrected chi connectivity index (χ0v) is 5.19. The molecule has 0 aliphatic rings. The molecule has 2 aromatic heterocycles. The van der Waals surface area contributed by atoms with E-state index in [9.17, 15) is 0 Å². The molecule has 0 aliphatic heterocycles. The number of rotatable bonds is 1. The van der Waals surface area contributed by atoms with Crippen molar-refractivity contribution in [2.45, 2.75) is 0 Å². The summed E-state index contributed by atoms with van der Waals surface area (Å²) in [6.07, 6.45) is 3.52. The van der Waals surface area contributed by atoms with Gasteiger partial charge in [0.05, 0.1) is 5.27 Å². The molecule has 4 nitrogen and oxygen atoms in total. The quantitative estimate of drug-likeness (QED) is 0.585. The summed E-state index contributed by atoms with van der Waals surface area (Å²) in [7, 11) is 0. The van der Waals surface area contributed by atoms with Gasteiger partial charge < -0.3 is 4.52 Å². The predicted octanol–water partition coefficient (Wildman–Crippen LogP) is 0.965. The Morgan fingerprint density at radius 3 is 3.30 bits per heavy atom. The van der Waals surface area contributed by atoms with Crippen LogP contribution in [0.2, 0.25) is 0 Å². The highest BCUT2D eigenvalue weighted by Gasteiger charge is 1.99. The maximum absolute atomic E-state index is 4.75. The van der Waals surface area contributed by atoms with Gasteiger partial charge in [0, 0.05) is 12.3 Å². The second-order valence-corrected chi connectivity index (χ2v) is 1.92. The van der Waals surface area contributed by atoms with E-state index in [-0.39, 0.29) is 0 Å². The fourth-order valence-electron chi connectivity index (χ4n) is 0.800. The molecule has 0 bridgehead atoms. The lowest BCUT2D eigenvalue weighted by Gasteiger charge is -1.73. The van der Waals surface area contributed by atoms with Crippen LogP contribution in [0.25, 0.3) is 11.8 Å². The first kappa shape index (κ1) is 5.22. The molecule has 4 heteroatoms. The molecular formula is C6H5N3O. The third-order valence-corrected chi connectivity index (χ3v) is 1.29. The van der Waals surface area contributed by atoms with E-state index >= 15 is 0 Å². The van der Waals surface area contributed by atoms with E-state index in [0.29, 0.717) is 5.71 Å². The molecule has 2 heterocycles.